The lowest BCUT2D eigenvalue weighted by Gasteiger charge is -2.23. The minimum atomic E-state index is -0.760. The maximum atomic E-state index is 10.6. The molecule has 1 aromatic rings. The molecule has 0 aromatic carbocycles. The fourth-order valence-corrected chi connectivity index (χ4v) is 6.18. The first-order chi connectivity index (χ1) is 15.3. The van der Waals surface area contributed by atoms with Crippen LogP contribution in [0, 0.1) is 24.7 Å². The van der Waals surface area contributed by atoms with Gasteiger partial charge in [-0.1, -0.05) is 37.5 Å². The van der Waals surface area contributed by atoms with Crippen molar-refractivity contribution in [1.82, 2.24) is 0 Å². The van der Waals surface area contributed by atoms with Crippen LogP contribution in [-0.2, 0) is 9.53 Å². The SMILES string of the molecule is [B]C[C@@H]1CC(O)[C@H](CC=CCCCC(=O)O)[C@H]1C=C[C@H](CC(C)c1cc(Br)c(C)s1)OC. The Morgan fingerprint density at radius 3 is 2.78 bits per heavy atom. The molecule has 2 unspecified atom stereocenters. The minimum absolute atomic E-state index is 0.00885. The van der Waals surface area contributed by atoms with E-state index in [1.165, 1.54) is 14.2 Å². The molecule has 0 bridgehead atoms. The zero-order valence-corrected chi connectivity index (χ0v) is 21.8. The lowest BCUT2D eigenvalue weighted by Crippen LogP contribution is -2.19. The Morgan fingerprint density at radius 1 is 1.44 bits per heavy atom. The predicted octanol–water partition coefficient (Wildman–Crippen LogP) is 6.29. The second kappa shape index (κ2) is 13.7. The van der Waals surface area contributed by atoms with Gasteiger partial charge >= 0.3 is 5.97 Å². The molecule has 0 aliphatic heterocycles. The second-order valence-electron chi connectivity index (χ2n) is 8.88. The molecular weight excluding hydrogens is 487 g/mol. The van der Waals surface area contributed by atoms with E-state index in [1.54, 1.807) is 7.11 Å². The van der Waals surface area contributed by atoms with Crippen molar-refractivity contribution >= 4 is 41.1 Å². The number of aryl methyl sites for hydroxylation is 1. The molecule has 7 heteroatoms. The number of aliphatic hydroxyl groups excluding tert-OH is 1. The Labute approximate surface area is 206 Å². The van der Waals surface area contributed by atoms with Crippen LogP contribution in [0.4, 0.5) is 0 Å². The number of unbranched alkanes of at least 4 members (excludes halogenated alkanes) is 1. The van der Waals surface area contributed by atoms with Gasteiger partial charge in [0.25, 0.3) is 0 Å². The summed E-state index contributed by atoms with van der Waals surface area (Å²) >= 11 is 5.43. The van der Waals surface area contributed by atoms with Gasteiger partial charge in [-0.2, -0.15) is 0 Å². The van der Waals surface area contributed by atoms with Crippen LogP contribution in [0.15, 0.2) is 34.8 Å². The van der Waals surface area contributed by atoms with Crippen LogP contribution in [0.3, 0.4) is 0 Å². The maximum Gasteiger partial charge on any atom is 0.303 e. The van der Waals surface area contributed by atoms with Gasteiger partial charge in [-0.05, 0) is 84.7 Å². The second-order valence-corrected chi connectivity index (χ2v) is 11.0. The van der Waals surface area contributed by atoms with Gasteiger partial charge < -0.3 is 14.9 Å². The number of aliphatic hydroxyl groups is 1. The number of allylic oxidation sites excluding steroid dienone is 3. The van der Waals surface area contributed by atoms with Gasteiger partial charge in [-0.3, -0.25) is 4.79 Å². The summed E-state index contributed by atoms with van der Waals surface area (Å²) in [4.78, 5) is 13.3. The van der Waals surface area contributed by atoms with E-state index in [0.717, 1.165) is 25.7 Å². The molecule has 4 nitrogen and oxygen atoms in total. The Morgan fingerprint density at radius 2 is 2.19 bits per heavy atom. The van der Waals surface area contributed by atoms with Crippen LogP contribution >= 0.6 is 27.3 Å². The van der Waals surface area contributed by atoms with Crippen molar-refractivity contribution in [1.29, 1.82) is 0 Å². The zero-order chi connectivity index (χ0) is 23.7. The monoisotopic (exact) mass is 522 g/mol. The molecule has 1 aliphatic rings. The first-order valence-corrected chi connectivity index (χ1v) is 13.1. The topological polar surface area (TPSA) is 66.8 Å². The summed E-state index contributed by atoms with van der Waals surface area (Å²) in [5.41, 5.74) is 0. The Bertz CT molecular complexity index is 758. The molecule has 2 radical (unpaired) electrons. The summed E-state index contributed by atoms with van der Waals surface area (Å²) in [5.74, 6) is 0.233. The molecule has 1 saturated carbocycles. The third-order valence-corrected chi connectivity index (χ3v) is 8.88. The first kappa shape index (κ1) is 27.4. The van der Waals surface area contributed by atoms with Gasteiger partial charge in [-0.15, -0.1) is 11.3 Å². The van der Waals surface area contributed by atoms with Crippen molar-refractivity contribution in [2.24, 2.45) is 17.8 Å². The van der Waals surface area contributed by atoms with Crippen LogP contribution in [0.5, 0.6) is 0 Å². The summed E-state index contributed by atoms with van der Waals surface area (Å²) in [7, 11) is 7.78. The predicted molar refractivity (Wildman–Crippen MR) is 137 cm³/mol. The molecule has 32 heavy (non-hydrogen) atoms. The largest absolute Gasteiger partial charge is 0.481 e. The summed E-state index contributed by atoms with van der Waals surface area (Å²) in [6.45, 7) is 4.36. The van der Waals surface area contributed by atoms with Crippen LogP contribution in [0.25, 0.3) is 0 Å². The summed E-state index contributed by atoms with van der Waals surface area (Å²) in [6.07, 6.45) is 12.7. The number of rotatable bonds is 13. The van der Waals surface area contributed by atoms with E-state index in [4.69, 9.17) is 17.7 Å². The molecule has 2 N–H and O–H groups in total. The van der Waals surface area contributed by atoms with Gasteiger partial charge in [-0.25, -0.2) is 0 Å². The Kier molecular flexibility index (Phi) is 11.7. The number of ether oxygens (including phenoxy) is 1. The first-order valence-electron chi connectivity index (χ1n) is 11.5. The Hall–Kier alpha value is -0.885. The molecule has 6 atom stereocenters. The smallest absolute Gasteiger partial charge is 0.303 e. The maximum absolute atomic E-state index is 10.6. The van der Waals surface area contributed by atoms with Crippen molar-refractivity contribution in [2.75, 3.05) is 7.11 Å². The van der Waals surface area contributed by atoms with E-state index in [1.807, 2.05) is 17.4 Å². The van der Waals surface area contributed by atoms with Crippen LogP contribution in [-0.4, -0.2) is 43.3 Å². The fourth-order valence-electron chi connectivity index (χ4n) is 4.55. The van der Waals surface area contributed by atoms with Crippen LogP contribution in [0.1, 0.15) is 61.1 Å². The molecule has 1 aromatic heterocycles. The Balaban J connectivity index is 1.99. The summed E-state index contributed by atoms with van der Waals surface area (Å²) in [5, 5.41) is 19.4. The standard InChI is InChI=1S/C25H36BBrO4S/c1-16(24-14-22(27)17(2)32-24)12-19(31-3)10-11-20-18(15-26)13-23(28)21(20)8-6-4-5-7-9-25(29)30/h4,6,10-11,14,16,18-21,23,28H,5,7-9,12-13,15H2,1-3H3,(H,29,30)/t16?,18-,19+,20-,21+,23?/m0/s1. The van der Waals surface area contributed by atoms with E-state index < -0.39 is 5.97 Å². The molecule has 1 heterocycles. The van der Waals surface area contributed by atoms with Crippen molar-refractivity contribution in [2.45, 2.75) is 76.8 Å². The van der Waals surface area contributed by atoms with Gasteiger partial charge in [0.2, 0.25) is 0 Å². The van der Waals surface area contributed by atoms with Crippen molar-refractivity contribution < 1.29 is 19.7 Å². The minimum Gasteiger partial charge on any atom is -0.481 e. The van der Waals surface area contributed by atoms with Crippen molar-refractivity contribution in [3.63, 3.8) is 0 Å². The highest BCUT2D eigenvalue weighted by molar-refractivity contribution is 9.10. The lowest BCUT2D eigenvalue weighted by atomic mass is 9.79. The summed E-state index contributed by atoms with van der Waals surface area (Å²) in [6, 6.07) is 2.21. The number of methoxy groups -OCH3 is 1. The molecule has 0 spiro atoms. The van der Waals surface area contributed by atoms with Crippen molar-refractivity contribution in [3.05, 3.63) is 44.6 Å². The molecular formula is C25H36BBrO4S. The lowest BCUT2D eigenvalue weighted by molar-refractivity contribution is -0.137. The van der Waals surface area contributed by atoms with Gasteiger partial charge in [0.15, 0.2) is 0 Å². The molecule has 176 valence electrons. The number of thiophene rings is 1. The highest BCUT2D eigenvalue weighted by atomic mass is 79.9. The molecule has 1 aliphatic carbocycles. The molecule has 2 rings (SSSR count). The quantitative estimate of drug-likeness (QED) is 0.181. The molecule has 0 amide bonds. The van der Waals surface area contributed by atoms with Crippen molar-refractivity contribution in [3.8, 4) is 0 Å². The number of carboxylic acids is 1. The third kappa shape index (κ3) is 8.16. The number of hydrogen-bond donors (Lipinski definition) is 2. The van der Waals surface area contributed by atoms with E-state index in [9.17, 15) is 9.90 Å². The van der Waals surface area contributed by atoms with Gasteiger partial charge in [0.05, 0.1) is 20.1 Å². The molecule has 0 saturated heterocycles. The van der Waals surface area contributed by atoms with Crippen LogP contribution in [0.2, 0.25) is 6.32 Å². The number of hydrogen-bond acceptors (Lipinski definition) is 4. The number of carbonyl (C=O) groups is 1. The fraction of sp³-hybridized carbons (Fsp3) is 0.640. The van der Waals surface area contributed by atoms with Crippen LogP contribution < -0.4 is 0 Å². The third-order valence-electron chi connectivity index (χ3n) is 6.51. The highest BCUT2D eigenvalue weighted by Gasteiger charge is 2.39. The number of carboxylic acid groups (broad SMARTS) is 1. The number of halogens is 1. The van der Waals surface area contributed by atoms with E-state index >= 15 is 0 Å². The number of aliphatic carboxylic acids is 1. The van der Waals surface area contributed by atoms with E-state index in [2.05, 4.69) is 54.1 Å². The highest BCUT2D eigenvalue weighted by Crippen LogP contribution is 2.42. The summed E-state index contributed by atoms with van der Waals surface area (Å²) < 4.78 is 6.93. The average molecular weight is 523 g/mol. The normalized spacial score (nSPS) is 25.7. The van der Waals surface area contributed by atoms with Gasteiger partial charge in [0, 0.05) is 27.8 Å². The van der Waals surface area contributed by atoms with Gasteiger partial charge in [0.1, 0.15) is 0 Å². The van der Waals surface area contributed by atoms with E-state index in [-0.39, 0.29) is 36.4 Å². The zero-order valence-electron chi connectivity index (χ0n) is 19.4. The molecule has 1 fully saturated rings. The average Bonchev–Trinajstić information content (AvgIpc) is 3.25. The van der Waals surface area contributed by atoms with E-state index in [0.29, 0.717) is 18.7 Å².